The highest BCUT2D eigenvalue weighted by Gasteiger charge is 2.26. The predicted molar refractivity (Wildman–Crippen MR) is 106 cm³/mol. The number of nitrogens with zero attached hydrogens (tertiary/aromatic N) is 4. The smallest absolute Gasteiger partial charge is 0.278 e. The van der Waals surface area contributed by atoms with Gasteiger partial charge in [0.2, 0.25) is 5.82 Å². The van der Waals surface area contributed by atoms with E-state index in [1.54, 1.807) is 13.4 Å². The van der Waals surface area contributed by atoms with E-state index in [-0.39, 0.29) is 6.10 Å². The molecule has 0 bridgehead atoms. The van der Waals surface area contributed by atoms with Gasteiger partial charge in [0.1, 0.15) is 11.9 Å². The molecule has 0 unspecified atom stereocenters. The molecule has 0 radical (unpaired) electrons. The zero-order valence-corrected chi connectivity index (χ0v) is 16.2. The van der Waals surface area contributed by atoms with Crippen molar-refractivity contribution in [1.29, 1.82) is 0 Å². The third-order valence-corrected chi connectivity index (χ3v) is 5.12. The number of ether oxygens (including phenoxy) is 2. The first-order valence-corrected chi connectivity index (χ1v) is 9.42. The van der Waals surface area contributed by atoms with Crippen LogP contribution in [0.4, 0.5) is 0 Å². The van der Waals surface area contributed by atoms with Crippen LogP contribution in [-0.2, 0) is 17.9 Å². The van der Waals surface area contributed by atoms with E-state index >= 15 is 0 Å². The second-order valence-electron chi connectivity index (χ2n) is 7.06. The number of fused-ring (bicyclic) bond motifs is 1. The van der Waals surface area contributed by atoms with Crippen LogP contribution < -0.4 is 4.74 Å². The minimum absolute atomic E-state index is 0.0407. The molecule has 1 atom stereocenters. The van der Waals surface area contributed by atoms with Crippen LogP contribution in [0.2, 0.25) is 0 Å². The van der Waals surface area contributed by atoms with Crippen LogP contribution in [0.3, 0.4) is 0 Å². The van der Waals surface area contributed by atoms with Gasteiger partial charge in [-0.05, 0) is 30.7 Å². The molecule has 146 valence electrons. The number of benzene rings is 2. The molecular weight excluding hydrogens is 368 g/mol. The van der Waals surface area contributed by atoms with Gasteiger partial charge in [-0.1, -0.05) is 41.1 Å². The molecule has 5 rings (SSSR count). The molecular formula is C22H20N4O3. The molecule has 0 fully saturated rings. The van der Waals surface area contributed by atoms with Gasteiger partial charge in [-0.2, -0.15) is 4.98 Å². The normalized spacial score (nSPS) is 15.9. The molecule has 7 nitrogen and oxygen atoms in total. The Labute approximate surface area is 167 Å². The molecule has 1 aliphatic rings. The Bertz CT molecular complexity index is 1150. The lowest BCUT2D eigenvalue weighted by molar-refractivity contribution is 0.00328. The molecule has 4 aromatic rings. The number of hydrogen-bond acceptors (Lipinski definition) is 6. The fourth-order valence-corrected chi connectivity index (χ4v) is 3.55. The summed E-state index contributed by atoms with van der Waals surface area (Å²) in [6.45, 7) is 3.13. The van der Waals surface area contributed by atoms with Crippen LogP contribution in [0, 0.1) is 6.92 Å². The fraction of sp³-hybridized carbons (Fsp3) is 0.227. The average molecular weight is 388 g/mol. The molecule has 3 heterocycles. The summed E-state index contributed by atoms with van der Waals surface area (Å²) in [6.07, 6.45) is 1.77. The van der Waals surface area contributed by atoms with E-state index in [4.69, 9.17) is 14.0 Å². The van der Waals surface area contributed by atoms with Crippen molar-refractivity contribution in [3.63, 3.8) is 0 Å². The maximum atomic E-state index is 6.10. The van der Waals surface area contributed by atoms with E-state index in [9.17, 15) is 0 Å². The van der Waals surface area contributed by atoms with E-state index in [0.717, 1.165) is 28.1 Å². The Kier molecular flexibility index (Phi) is 4.37. The third-order valence-electron chi connectivity index (χ3n) is 5.12. The van der Waals surface area contributed by atoms with Crippen LogP contribution in [0.5, 0.6) is 5.75 Å². The Morgan fingerprint density at radius 1 is 1.14 bits per heavy atom. The summed E-state index contributed by atoms with van der Waals surface area (Å²) in [5.74, 6) is 1.79. The van der Waals surface area contributed by atoms with Crippen LogP contribution in [0.15, 0.2) is 59.4 Å². The first kappa shape index (κ1) is 17.6. The van der Waals surface area contributed by atoms with Crippen molar-refractivity contribution in [2.45, 2.75) is 26.2 Å². The Morgan fingerprint density at radius 3 is 2.79 bits per heavy atom. The Balaban J connectivity index is 1.39. The van der Waals surface area contributed by atoms with E-state index in [1.165, 1.54) is 0 Å². The monoisotopic (exact) mass is 388 g/mol. The molecule has 0 saturated carbocycles. The second-order valence-corrected chi connectivity index (χ2v) is 7.06. The molecule has 0 spiro atoms. The number of rotatable bonds is 4. The fourth-order valence-electron chi connectivity index (χ4n) is 3.55. The van der Waals surface area contributed by atoms with Crippen LogP contribution >= 0.6 is 0 Å². The van der Waals surface area contributed by atoms with Crippen molar-refractivity contribution < 1.29 is 14.0 Å². The molecule has 0 saturated heterocycles. The number of imidazole rings is 1. The van der Waals surface area contributed by atoms with Gasteiger partial charge in [0.15, 0.2) is 5.69 Å². The summed E-state index contributed by atoms with van der Waals surface area (Å²) in [4.78, 5) is 9.06. The van der Waals surface area contributed by atoms with Crippen molar-refractivity contribution in [3.8, 4) is 28.7 Å². The lowest BCUT2D eigenvalue weighted by Gasteiger charge is -2.25. The van der Waals surface area contributed by atoms with E-state index in [1.807, 2.05) is 55.5 Å². The van der Waals surface area contributed by atoms with Crippen LogP contribution in [0.25, 0.3) is 23.0 Å². The third kappa shape index (κ3) is 3.30. The van der Waals surface area contributed by atoms with Gasteiger partial charge in [0.25, 0.3) is 5.89 Å². The summed E-state index contributed by atoms with van der Waals surface area (Å²) >= 11 is 0. The molecule has 2 aromatic carbocycles. The van der Waals surface area contributed by atoms with E-state index < -0.39 is 0 Å². The van der Waals surface area contributed by atoms with Crippen LogP contribution in [-0.4, -0.2) is 26.8 Å². The van der Waals surface area contributed by atoms with Crippen molar-refractivity contribution in [2.24, 2.45) is 0 Å². The summed E-state index contributed by atoms with van der Waals surface area (Å²) in [7, 11) is 1.66. The topological polar surface area (TPSA) is 75.2 Å². The highest BCUT2D eigenvalue weighted by molar-refractivity contribution is 5.59. The highest BCUT2D eigenvalue weighted by atomic mass is 16.5. The highest BCUT2D eigenvalue weighted by Crippen LogP contribution is 2.32. The SMILES string of the molecule is COc1ccc([C@@H]2Cn3cnc(-c4nc(-c5cccc(C)c5)no4)c3CO2)cc1. The maximum absolute atomic E-state index is 6.10. The van der Waals surface area contributed by atoms with Gasteiger partial charge < -0.3 is 18.6 Å². The summed E-state index contributed by atoms with van der Waals surface area (Å²) in [6, 6.07) is 15.9. The second kappa shape index (κ2) is 7.18. The van der Waals surface area contributed by atoms with Crippen molar-refractivity contribution in [3.05, 3.63) is 71.7 Å². The van der Waals surface area contributed by atoms with Crippen molar-refractivity contribution >= 4 is 0 Å². The zero-order chi connectivity index (χ0) is 19.8. The van der Waals surface area contributed by atoms with Crippen molar-refractivity contribution in [1.82, 2.24) is 19.7 Å². The Morgan fingerprint density at radius 2 is 2.00 bits per heavy atom. The number of hydrogen-bond donors (Lipinski definition) is 0. The summed E-state index contributed by atoms with van der Waals surface area (Å²) in [5, 5.41) is 4.12. The summed E-state index contributed by atoms with van der Waals surface area (Å²) in [5.41, 5.74) is 4.78. The minimum atomic E-state index is -0.0407. The number of aryl methyl sites for hydroxylation is 1. The maximum Gasteiger partial charge on any atom is 0.278 e. The quantitative estimate of drug-likeness (QED) is 0.522. The number of methoxy groups -OCH3 is 1. The zero-order valence-electron chi connectivity index (χ0n) is 16.2. The van der Waals surface area contributed by atoms with Gasteiger partial charge >= 0.3 is 0 Å². The van der Waals surface area contributed by atoms with Gasteiger partial charge in [-0.15, -0.1) is 0 Å². The van der Waals surface area contributed by atoms with Crippen molar-refractivity contribution in [2.75, 3.05) is 7.11 Å². The molecule has 7 heteroatoms. The minimum Gasteiger partial charge on any atom is -0.497 e. The Hall–Kier alpha value is -3.45. The van der Waals surface area contributed by atoms with Gasteiger partial charge in [0, 0.05) is 5.56 Å². The standard InChI is InChI=1S/C22H20N4O3/c1-14-4-3-5-16(10-14)21-24-22(29-25-21)20-18-12-28-19(11-26(18)13-23-20)15-6-8-17(27-2)9-7-15/h3-10,13,19H,11-12H2,1-2H3/t19-/m0/s1. The van der Waals surface area contributed by atoms with E-state index in [0.29, 0.717) is 30.6 Å². The molecule has 0 amide bonds. The average Bonchev–Trinajstić information content (AvgIpc) is 3.40. The lowest BCUT2D eigenvalue weighted by atomic mass is 10.1. The molecule has 29 heavy (non-hydrogen) atoms. The van der Waals surface area contributed by atoms with Gasteiger partial charge in [-0.3, -0.25) is 0 Å². The van der Waals surface area contributed by atoms with Gasteiger partial charge in [0.05, 0.1) is 32.3 Å². The lowest BCUT2D eigenvalue weighted by Crippen LogP contribution is -2.20. The van der Waals surface area contributed by atoms with Gasteiger partial charge in [-0.25, -0.2) is 4.98 Å². The predicted octanol–water partition coefficient (Wildman–Crippen LogP) is 4.19. The first-order valence-electron chi connectivity index (χ1n) is 9.42. The first-order chi connectivity index (χ1) is 14.2. The molecule has 0 aliphatic carbocycles. The molecule has 0 N–H and O–H groups in total. The van der Waals surface area contributed by atoms with Crippen LogP contribution in [0.1, 0.15) is 22.9 Å². The largest absolute Gasteiger partial charge is 0.497 e. The number of aromatic nitrogens is 4. The molecule has 2 aromatic heterocycles. The molecule has 1 aliphatic heterocycles. The van der Waals surface area contributed by atoms with E-state index in [2.05, 4.69) is 19.7 Å². The summed E-state index contributed by atoms with van der Waals surface area (Å²) < 4.78 is 18.9.